The van der Waals surface area contributed by atoms with Crippen molar-refractivity contribution in [3.8, 4) is 0 Å². The summed E-state index contributed by atoms with van der Waals surface area (Å²) in [4.78, 5) is 0. The first kappa shape index (κ1) is 16.2. The molecule has 0 bridgehead atoms. The molecule has 0 spiro atoms. The van der Waals surface area contributed by atoms with Gasteiger partial charge in [-0.1, -0.05) is 30.3 Å². The summed E-state index contributed by atoms with van der Waals surface area (Å²) in [5.41, 5.74) is -0.369. The number of nitrogens with one attached hydrogen (secondary N) is 2. The molecule has 0 aliphatic carbocycles. The molecule has 2 aromatic rings. The van der Waals surface area contributed by atoms with Crippen LogP contribution in [0.5, 0.6) is 0 Å². The van der Waals surface area contributed by atoms with Gasteiger partial charge in [-0.05, 0) is 17.8 Å². The van der Waals surface area contributed by atoms with Crippen LogP contribution in [0, 0.1) is 29.1 Å². The topological polar surface area (TPSA) is 24.1 Å². The Balaban J connectivity index is 2.12. The van der Waals surface area contributed by atoms with Crippen LogP contribution in [0.1, 0.15) is 5.56 Å². The van der Waals surface area contributed by atoms with Gasteiger partial charge in [-0.25, -0.2) is 22.0 Å². The molecule has 0 saturated carbocycles. The first-order valence-electron chi connectivity index (χ1n) is 6.02. The van der Waals surface area contributed by atoms with Gasteiger partial charge in [0.1, 0.15) is 5.69 Å². The van der Waals surface area contributed by atoms with Crippen LogP contribution >= 0.6 is 12.2 Å². The first-order chi connectivity index (χ1) is 10.4. The molecule has 0 aliphatic rings. The number of thiocarbonyl (C=S) groups is 1. The van der Waals surface area contributed by atoms with Crippen LogP contribution in [-0.2, 0) is 6.54 Å². The number of anilines is 1. The molecule has 116 valence electrons. The maximum absolute atomic E-state index is 13.5. The summed E-state index contributed by atoms with van der Waals surface area (Å²) in [7, 11) is 0. The molecule has 0 saturated heterocycles. The molecule has 0 aliphatic heterocycles. The van der Waals surface area contributed by atoms with Crippen molar-refractivity contribution in [1.29, 1.82) is 0 Å². The number of halogens is 5. The molecule has 0 heterocycles. The highest BCUT2D eigenvalue weighted by atomic mass is 32.1. The van der Waals surface area contributed by atoms with E-state index >= 15 is 0 Å². The highest BCUT2D eigenvalue weighted by molar-refractivity contribution is 7.80. The molecule has 0 fully saturated rings. The Morgan fingerprint density at radius 1 is 0.818 bits per heavy atom. The second kappa shape index (κ2) is 6.69. The van der Waals surface area contributed by atoms with Gasteiger partial charge in [0.15, 0.2) is 28.4 Å². The molecular formula is C14H9F5N2S. The quantitative estimate of drug-likeness (QED) is 0.386. The van der Waals surface area contributed by atoms with E-state index in [2.05, 4.69) is 5.32 Å². The fourth-order valence-corrected chi connectivity index (χ4v) is 1.82. The Hall–Kier alpha value is -2.22. The van der Waals surface area contributed by atoms with E-state index in [1.165, 1.54) is 0 Å². The van der Waals surface area contributed by atoms with Crippen LogP contribution in [0.4, 0.5) is 27.6 Å². The summed E-state index contributed by atoms with van der Waals surface area (Å²) in [6, 6.07) is 8.89. The van der Waals surface area contributed by atoms with E-state index in [0.717, 1.165) is 5.56 Å². The number of hydrogen-bond donors (Lipinski definition) is 2. The van der Waals surface area contributed by atoms with E-state index in [4.69, 9.17) is 12.2 Å². The van der Waals surface area contributed by atoms with E-state index < -0.39 is 34.8 Å². The summed E-state index contributed by atoms with van der Waals surface area (Å²) in [5, 5.41) is 4.31. The van der Waals surface area contributed by atoms with Gasteiger partial charge >= 0.3 is 0 Å². The molecule has 2 rings (SSSR count). The number of hydrogen-bond acceptors (Lipinski definition) is 1. The minimum atomic E-state index is -2.22. The second-order valence-electron chi connectivity index (χ2n) is 4.24. The summed E-state index contributed by atoms with van der Waals surface area (Å²) in [6.07, 6.45) is 0. The van der Waals surface area contributed by atoms with Crippen molar-refractivity contribution >= 4 is 23.0 Å². The molecule has 8 heteroatoms. The van der Waals surface area contributed by atoms with E-state index in [9.17, 15) is 22.0 Å². The van der Waals surface area contributed by atoms with E-state index in [1.54, 1.807) is 30.3 Å². The molecule has 0 atom stereocenters. The lowest BCUT2D eigenvalue weighted by Crippen LogP contribution is -2.29. The van der Waals surface area contributed by atoms with Crippen molar-refractivity contribution in [3.63, 3.8) is 0 Å². The van der Waals surface area contributed by atoms with E-state index in [0.29, 0.717) is 0 Å². The van der Waals surface area contributed by atoms with Crippen LogP contribution in [0.3, 0.4) is 0 Å². The highest BCUT2D eigenvalue weighted by Gasteiger charge is 2.26. The lowest BCUT2D eigenvalue weighted by molar-refractivity contribution is 0.382. The average molecular weight is 332 g/mol. The molecule has 2 nitrogen and oxygen atoms in total. The van der Waals surface area contributed by atoms with Crippen molar-refractivity contribution in [2.45, 2.75) is 6.54 Å². The second-order valence-corrected chi connectivity index (χ2v) is 4.65. The van der Waals surface area contributed by atoms with E-state index in [-0.39, 0.29) is 11.7 Å². The summed E-state index contributed by atoms with van der Waals surface area (Å²) >= 11 is 4.78. The summed E-state index contributed by atoms with van der Waals surface area (Å²) in [6.45, 7) is 0.224. The Morgan fingerprint density at radius 2 is 1.32 bits per heavy atom. The third-order valence-electron chi connectivity index (χ3n) is 2.74. The molecule has 2 aromatic carbocycles. The molecular weight excluding hydrogens is 323 g/mol. The van der Waals surface area contributed by atoms with Crippen molar-refractivity contribution < 1.29 is 22.0 Å². The predicted molar refractivity (Wildman–Crippen MR) is 75.7 cm³/mol. The van der Waals surface area contributed by atoms with E-state index in [1.807, 2.05) is 5.32 Å². The number of benzene rings is 2. The first-order valence-corrected chi connectivity index (χ1v) is 6.43. The van der Waals surface area contributed by atoms with Gasteiger partial charge in [-0.15, -0.1) is 0 Å². The van der Waals surface area contributed by atoms with Gasteiger partial charge in [0, 0.05) is 6.54 Å². The molecule has 22 heavy (non-hydrogen) atoms. The van der Waals surface area contributed by atoms with Crippen LogP contribution < -0.4 is 10.6 Å². The molecule has 0 amide bonds. The normalized spacial score (nSPS) is 10.4. The number of rotatable bonds is 3. The Bertz CT molecular complexity index is 677. The Morgan fingerprint density at radius 3 is 1.86 bits per heavy atom. The fraction of sp³-hybridized carbons (Fsp3) is 0.0714. The summed E-state index contributed by atoms with van der Waals surface area (Å²) < 4.78 is 65.9. The molecule has 0 radical (unpaired) electrons. The highest BCUT2D eigenvalue weighted by Crippen LogP contribution is 2.26. The standard InChI is InChI=1S/C14H9F5N2S/c15-8-9(16)11(18)13(12(19)10(8)17)21-14(22)20-6-7-4-2-1-3-5-7/h1-5H,6H2,(H2,20,21,22). The fourth-order valence-electron chi connectivity index (χ4n) is 1.65. The Kier molecular flexibility index (Phi) is 4.92. The lowest BCUT2D eigenvalue weighted by atomic mass is 10.2. The van der Waals surface area contributed by atoms with Gasteiger partial charge in [0.2, 0.25) is 5.82 Å². The van der Waals surface area contributed by atoms with Crippen LogP contribution in [0.2, 0.25) is 0 Å². The zero-order valence-corrected chi connectivity index (χ0v) is 11.7. The Labute approximate surface area is 128 Å². The molecule has 0 unspecified atom stereocenters. The SMILES string of the molecule is Fc1c(F)c(F)c(NC(=S)NCc2ccccc2)c(F)c1F. The largest absolute Gasteiger partial charge is 0.358 e. The van der Waals surface area contributed by atoms with Crippen LogP contribution in [0.15, 0.2) is 30.3 Å². The predicted octanol–water partition coefficient (Wildman–Crippen LogP) is 3.87. The maximum atomic E-state index is 13.5. The van der Waals surface area contributed by atoms with Crippen LogP contribution in [0.25, 0.3) is 0 Å². The smallest absolute Gasteiger partial charge is 0.200 e. The van der Waals surface area contributed by atoms with Crippen molar-refractivity contribution in [3.05, 3.63) is 65.0 Å². The maximum Gasteiger partial charge on any atom is 0.200 e. The van der Waals surface area contributed by atoms with Gasteiger partial charge in [0.05, 0.1) is 0 Å². The molecule has 2 N–H and O–H groups in total. The molecule has 0 aromatic heterocycles. The monoisotopic (exact) mass is 332 g/mol. The third kappa shape index (κ3) is 3.33. The van der Waals surface area contributed by atoms with Crippen molar-refractivity contribution in [2.75, 3.05) is 5.32 Å². The van der Waals surface area contributed by atoms with Gasteiger partial charge < -0.3 is 10.6 Å². The van der Waals surface area contributed by atoms with Gasteiger partial charge in [-0.2, -0.15) is 0 Å². The van der Waals surface area contributed by atoms with Crippen molar-refractivity contribution in [2.24, 2.45) is 0 Å². The average Bonchev–Trinajstić information content (AvgIpc) is 2.54. The zero-order valence-electron chi connectivity index (χ0n) is 10.9. The minimum absolute atomic E-state index is 0.224. The van der Waals surface area contributed by atoms with Gasteiger partial charge in [-0.3, -0.25) is 0 Å². The summed E-state index contributed by atoms with van der Waals surface area (Å²) in [5.74, 6) is -10.2. The van der Waals surface area contributed by atoms with Gasteiger partial charge in [0.25, 0.3) is 0 Å². The van der Waals surface area contributed by atoms with Crippen molar-refractivity contribution in [1.82, 2.24) is 5.32 Å². The minimum Gasteiger partial charge on any atom is -0.358 e. The third-order valence-corrected chi connectivity index (χ3v) is 2.99. The lowest BCUT2D eigenvalue weighted by Gasteiger charge is -2.13. The zero-order chi connectivity index (χ0) is 16.3. The van der Waals surface area contributed by atoms with Crippen LogP contribution in [-0.4, -0.2) is 5.11 Å².